The van der Waals surface area contributed by atoms with Crippen LogP contribution in [0.15, 0.2) is 42.5 Å². The number of hydrogen-bond acceptors (Lipinski definition) is 1. The summed E-state index contributed by atoms with van der Waals surface area (Å²) in [6, 6.07) is 13.7. The molecule has 0 bridgehead atoms. The lowest BCUT2D eigenvalue weighted by molar-refractivity contribution is 0.474. The van der Waals surface area contributed by atoms with Gasteiger partial charge >= 0.3 is 0 Å². The second kappa shape index (κ2) is 3.95. The molecule has 1 N–H and O–H groups in total. The second-order valence-electron chi connectivity index (χ2n) is 4.11. The van der Waals surface area contributed by atoms with Crippen LogP contribution in [-0.4, -0.2) is 5.11 Å². The van der Waals surface area contributed by atoms with Gasteiger partial charge in [-0.15, -0.1) is 0 Å². The number of rotatable bonds is 2. The molecule has 1 aliphatic carbocycles. The van der Waals surface area contributed by atoms with Crippen molar-refractivity contribution in [2.75, 3.05) is 0 Å². The zero-order chi connectivity index (χ0) is 11.7. The molecule has 0 fully saturated rings. The molecule has 0 unspecified atom stereocenters. The fourth-order valence-electron chi connectivity index (χ4n) is 1.89. The van der Waals surface area contributed by atoms with Crippen LogP contribution in [0.3, 0.4) is 0 Å². The fraction of sp³-hybridized carbons (Fsp3) is 0. The number of hydrogen-bond donors (Lipinski definition) is 1. The van der Waals surface area contributed by atoms with Crippen molar-refractivity contribution < 1.29 is 5.11 Å². The average molecular weight is 220 g/mol. The Kier molecular flexibility index (Phi) is 2.30. The normalized spacial score (nSPS) is 12.5. The average Bonchev–Trinajstić information content (AvgIpc) is 2.31. The van der Waals surface area contributed by atoms with Gasteiger partial charge in [0, 0.05) is 5.56 Å². The topological polar surface area (TPSA) is 20.2 Å². The zero-order valence-electron chi connectivity index (χ0n) is 9.30. The van der Waals surface area contributed by atoms with Crippen molar-refractivity contribution in [1.82, 2.24) is 0 Å². The smallest absolute Gasteiger partial charge is 0.122 e. The summed E-state index contributed by atoms with van der Waals surface area (Å²) >= 11 is 0. The zero-order valence-corrected chi connectivity index (χ0v) is 9.30. The highest BCUT2D eigenvalue weighted by Gasteiger charge is 2.04. The summed E-state index contributed by atoms with van der Waals surface area (Å²) in [5, 5.41) is 9.64. The minimum atomic E-state index is 0.313. The van der Waals surface area contributed by atoms with E-state index >= 15 is 0 Å². The summed E-state index contributed by atoms with van der Waals surface area (Å²) < 4.78 is 0. The van der Waals surface area contributed by atoms with Crippen LogP contribution in [0.4, 0.5) is 0 Å². The molecule has 17 heavy (non-hydrogen) atoms. The lowest BCUT2D eigenvalue weighted by Gasteiger charge is -2.10. The Morgan fingerprint density at radius 2 is 1.65 bits per heavy atom. The molecule has 0 spiro atoms. The first-order chi connectivity index (χ1) is 8.33. The van der Waals surface area contributed by atoms with Gasteiger partial charge in [0.1, 0.15) is 5.75 Å². The minimum absolute atomic E-state index is 0.313. The molecule has 2 aromatic carbocycles. The molecule has 0 radical (unpaired) electrons. The third-order valence-corrected chi connectivity index (χ3v) is 2.95. The molecule has 0 atom stereocenters. The number of benzene rings is 2. The SMILES string of the molecule is Oc1ccccc1C=Cc1ccc2c(c1)C=C2. The van der Waals surface area contributed by atoms with Crippen LogP contribution in [-0.2, 0) is 0 Å². The Balaban J connectivity index is 1.88. The molecule has 3 rings (SSSR count). The Bertz CT molecular complexity index is 621. The van der Waals surface area contributed by atoms with E-state index in [4.69, 9.17) is 0 Å². The van der Waals surface area contributed by atoms with Gasteiger partial charge < -0.3 is 5.11 Å². The summed E-state index contributed by atoms with van der Waals surface area (Å²) in [5.41, 5.74) is 4.57. The van der Waals surface area contributed by atoms with E-state index in [-0.39, 0.29) is 0 Å². The predicted octanol–water partition coefficient (Wildman–Crippen LogP) is 4.05. The van der Waals surface area contributed by atoms with Gasteiger partial charge in [-0.2, -0.15) is 0 Å². The van der Waals surface area contributed by atoms with Gasteiger partial charge in [-0.05, 0) is 28.8 Å². The molecule has 0 saturated carbocycles. The summed E-state index contributed by atoms with van der Waals surface area (Å²) in [5.74, 6) is 0.313. The van der Waals surface area contributed by atoms with Gasteiger partial charge in [0.15, 0.2) is 0 Å². The molecule has 1 aliphatic rings. The van der Waals surface area contributed by atoms with Gasteiger partial charge in [-0.3, -0.25) is 0 Å². The monoisotopic (exact) mass is 220 g/mol. The van der Waals surface area contributed by atoms with Crippen LogP contribution in [0.2, 0.25) is 0 Å². The van der Waals surface area contributed by atoms with E-state index in [0.717, 1.165) is 11.1 Å². The van der Waals surface area contributed by atoms with Crippen molar-refractivity contribution in [1.29, 1.82) is 0 Å². The van der Waals surface area contributed by atoms with E-state index in [1.165, 1.54) is 11.1 Å². The number of aromatic hydroxyl groups is 1. The minimum Gasteiger partial charge on any atom is -0.507 e. The number of para-hydroxylation sites is 1. The summed E-state index contributed by atoms with van der Waals surface area (Å²) in [6.07, 6.45) is 8.15. The van der Waals surface area contributed by atoms with E-state index in [1.807, 2.05) is 30.4 Å². The Labute approximate surface area is 100 Å². The highest BCUT2D eigenvalue weighted by molar-refractivity contribution is 5.87. The van der Waals surface area contributed by atoms with Crippen molar-refractivity contribution in [3.8, 4) is 5.75 Å². The quantitative estimate of drug-likeness (QED) is 0.646. The standard InChI is InChI=1S/C16H12O/c17-16-4-2-1-3-14(16)8-6-12-5-7-13-9-10-15(13)11-12/h1-11,17H. The number of phenolic OH excluding ortho intramolecular Hbond substituents is 1. The summed E-state index contributed by atoms with van der Waals surface area (Å²) in [4.78, 5) is 0. The Morgan fingerprint density at radius 1 is 0.824 bits per heavy atom. The Morgan fingerprint density at radius 3 is 2.35 bits per heavy atom. The third-order valence-electron chi connectivity index (χ3n) is 2.95. The van der Waals surface area contributed by atoms with E-state index in [1.54, 1.807) is 6.07 Å². The second-order valence-corrected chi connectivity index (χ2v) is 4.11. The van der Waals surface area contributed by atoms with Gasteiger partial charge in [-0.25, -0.2) is 0 Å². The van der Waals surface area contributed by atoms with Gasteiger partial charge in [0.2, 0.25) is 0 Å². The first-order valence-corrected chi connectivity index (χ1v) is 5.61. The maximum Gasteiger partial charge on any atom is 0.122 e. The molecule has 2 aromatic rings. The first kappa shape index (κ1) is 9.91. The lowest BCUT2D eigenvalue weighted by Crippen LogP contribution is -1.89. The molecule has 0 aromatic heterocycles. The first-order valence-electron chi connectivity index (χ1n) is 5.61. The van der Waals surface area contributed by atoms with Crippen molar-refractivity contribution in [2.45, 2.75) is 0 Å². The van der Waals surface area contributed by atoms with Crippen LogP contribution in [0.1, 0.15) is 22.3 Å². The van der Waals surface area contributed by atoms with Crippen molar-refractivity contribution in [2.24, 2.45) is 0 Å². The van der Waals surface area contributed by atoms with E-state index < -0.39 is 0 Å². The molecular weight excluding hydrogens is 208 g/mol. The maximum absolute atomic E-state index is 9.64. The molecule has 82 valence electrons. The largest absolute Gasteiger partial charge is 0.507 e. The van der Waals surface area contributed by atoms with E-state index in [9.17, 15) is 5.11 Å². The molecule has 1 heteroatoms. The van der Waals surface area contributed by atoms with Gasteiger partial charge in [0.05, 0.1) is 0 Å². The Hall–Kier alpha value is -2.28. The number of fused-ring (bicyclic) bond motifs is 1. The molecule has 0 aliphatic heterocycles. The van der Waals surface area contributed by atoms with Crippen LogP contribution < -0.4 is 0 Å². The van der Waals surface area contributed by atoms with Gasteiger partial charge in [0.25, 0.3) is 0 Å². The lowest BCUT2D eigenvalue weighted by atomic mass is 9.95. The van der Waals surface area contributed by atoms with Crippen LogP contribution >= 0.6 is 0 Å². The predicted molar refractivity (Wildman–Crippen MR) is 72.4 cm³/mol. The molecule has 1 nitrogen and oxygen atoms in total. The highest BCUT2D eigenvalue weighted by atomic mass is 16.3. The molecule has 0 amide bonds. The maximum atomic E-state index is 9.64. The van der Waals surface area contributed by atoms with E-state index in [2.05, 4.69) is 30.4 Å². The van der Waals surface area contributed by atoms with Crippen LogP contribution in [0.25, 0.3) is 24.3 Å². The van der Waals surface area contributed by atoms with Gasteiger partial charge in [-0.1, -0.05) is 54.6 Å². The van der Waals surface area contributed by atoms with Crippen LogP contribution in [0.5, 0.6) is 5.75 Å². The summed E-state index contributed by atoms with van der Waals surface area (Å²) in [6.45, 7) is 0. The summed E-state index contributed by atoms with van der Waals surface area (Å²) in [7, 11) is 0. The van der Waals surface area contributed by atoms with E-state index in [0.29, 0.717) is 5.75 Å². The van der Waals surface area contributed by atoms with Crippen molar-refractivity contribution in [3.05, 3.63) is 64.7 Å². The molecule has 0 saturated heterocycles. The number of phenols is 1. The fourth-order valence-corrected chi connectivity index (χ4v) is 1.89. The van der Waals surface area contributed by atoms with Crippen molar-refractivity contribution in [3.63, 3.8) is 0 Å². The third kappa shape index (κ3) is 1.87. The van der Waals surface area contributed by atoms with Crippen molar-refractivity contribution >= 4 is 24.3 Å². The molecule has 0 heterocycles. The molecular formula is C16H12O. The van der Waals surface area contributed by atoms with Crippen LogP contribution in [0, 0.1) is 0 Å². The highest BCUT2D eigenvalue weighted by Crippen LogP contribution is 2.25.